The maximum atomic E-state index is 12.7. The van der Waals surface area contributed by atoms with Crippen molar-refractivity contribution in [2.45, 2.75) is 24.8 Å². The molecule has 1 atom stereocenters. The average molecular weight is 359 g/mol. The number of sulfonamides is 1. The third-order valence-electron chi connectivity index (χ3n) is 3.90. The highest BCUT2D eigenvalue weighted by Crippen LogP contribution is 2.27. The number of hydrogen-bond donors (Lipinski definition) is 1. The number of carbonyl (C=O) groups excluding carboxylic acids is 1. The summed E-state index contributed by atoms with van der Waals surface area (Å²) in [5.74, 6) is -0.667. The van der Waals surface area contributed by atoms with E-state index in [1.54, 1.807) is 24.3 Å². The van der Waals surface area contributed by atoms with Gasteiger partial charge in [0.2, 0.25) is 10.0 Å². The molecule has 0 saturated carbocycles. The predicted molar refractivity (Wildman–Crippen MR) is 96.6 cm³/mol. The Morgan fingerprint density at radius 3 is 2.24 bits per heavy atom. The summed E-state index contributed by atoms with van der Waals surface area (Å²) < 4.78 is 32.8. The molecule has 25 heavy (non-hydrogen) atoms. The average Bonchev–Trinajstić information content (AvgIpc) is 2.59. The molecule has 0 bridgehead atoms. The molecule has 0 fully saturated rings. The van der Waals surface area contributed by atoms with Crippen LogP contribution in [-0.4, -0.2) is 21.5 Å². The maximum Gasteiger partial charge on any atom is 0.335 e. The third kappa shape index (κ3) is 4.35. The predicted octanol–water partition coefficient (Wildman–Crippen LogP) is 3.05. The molecule has 0 radical (unpaired) electrons. The molecule has 2 aromatic rings. The van der Waals surface area contributed by atoms with E-state index in [4.69, 9.17) is 4.74 Å². The highest BCUT2D eigenvalue weighted by Gasteiger charge is 2.28. The van der Waals surface area contributed by atoms with Crippen LogP contribution in [0.3, 0.4) is 0 Å². The van der Waals surface area contributed by atoms with Crippen molar-refractivity contribution in [3.05, 3.63) is 77.4 Å². The van der Waals surface area contributed by atoms with Gasteiger partial charge in [-0.25, -0.2) is 13.2 Å². The van der Waals surface area contributed by atoms with Crippen molar-refractivity contribution >= 4 is 16.0 Å². The molecule has 0 aromatic heterocycles. The second kappa shape index (κ2) is 7.63. The van der Waals surface area contributed by atoms with E-state index in [2.05, 4.69) is 11.3 Å². The molecule has 1 N–H and O–H groups in total. The van der Waals surface area contributed by atoms with Crippen molar-refractivity contribution in [2.24, 2.45) is 0 Å². The molecular weight excluding hydrogens is 338 g/mol. The van der Waals surface area contributed by atoms with Gasteiger partial charge in [0.25, 0.3) is 0 Å². The van der Waals surface area contributed by atoms with Crippen LogP contribution < -0.4 is 4.72 Å². The van der Waals surface area contributed by atoms with Crippen molar-refractivity contribution in [3.8, 4) is 0 Å². The number of nitrogens with one attached hydrogen (secondary N) is 1. The van der Waals surface area contributed by atoms with E-state index in [1.807, 2.05) is 26.0 Å². The number of benzene rings is 2. The highest BCUT2D eigenvalue weighted by molar-refractivity contribution is 7.89. The van der Waals surface area contributed by atoms with Crippen molar-refractivity contribution in [1.82, 2.24) is 4.72 Å². The molecule has 5 nitrogen and oxygen atoms in total. The van der Waals surface area contributed by atoms with E-state index in [9.17, 15) is 13.2 Å². The fourth-order valence-electron chi connectivity index (χ4n) is 2.42. The summed E-state index contributed by atoms with van der Waals surface area (Å²) in [5.41, 5.74) is 2.46. The molecule has 6 heteroatoms. The molecule has 132 valence electrons. The molecule has 2 aromatic carbocycles. The van der Waals surface area contributed by atoms with Crippen molar-refractivity contribution in [1.29, 1.82) is 0 Å². The van der Waals surface area contributed by atoms with Crippen LogP contribution in [0.15, 0.2) is 65.6 Å². The zero-order valence-corrected chi connectivity index (χ0v) is 15.3. The molecule has 0 aliphatic rings. The van der Waals surface area contributed by atoms with E-state index < -0.39 is 22.0 Å². The number of esters is 1. The van der Waals surface area contributed by atoms with E-state index in [0.29, 0.717) is 5.56 Å². The minimum atomic E-state index is -3.85. The van der Waals surface area contributed by atoms with Gasteiger partial charge in [0.05, 0.1) is 23.6 Å². The second-order valence-corrected chi connectivity index (χ2v) is 7.45. The van der Waals surface area contributed by atoms with Crippen molar-refractivity contribution < 1.29 is 17.9 Å². The van der Waals surface area contributed by atoms with Gasteiger partial charge >= 0.3 is 5.97 Å². The van der Waals surface area contributed by atoms with E-state index >= 15 is 0 Å². The monoisotopic (exact) mass is 359 g/mol. The standard InChI is InChI=1S/C19H21NO4S/c1-13-9-11-16(12-10-13)25(22,23)20-18(15(3)19(21)24-4)17-8-6-5-7-14(17)2/h5-12,18,20H,3H2,1-2,4H3. The summed E-state index contributed by atoms with van der Waals surface area (Å²) in [6, 6.07) is 12.8. The first-order valence-electron chi connectivity index (χ1n) is 7.68. The molecule has 0 aliphatic heterocycles. The number of aryl methyl sites for hydroxylation is 2. The van der Waals surface area contributed by atoms with Gasteiger partial charge in [-0.1, -0.05) is 48.5 Å². The largest absolute Gasteiger partial charge is 0.466 e. The Morgan fingerprint density at radius 1 is 1.08 bits per heavy atom. The molecule has 1 unspecified atom stereocenters. The summed E-state index contributed by atoms with van der Waals surface area (Å²) in [4.78, 5) is 12.1. The molecule has 0 saturated heterocycles. The Bertz CT molecular complexity index is 886. The SMILES string of the molecule is C=C(C(=O)OC)C(NS(=O)(=O)c1ccc(C)cc1)c1ccccc1C. The van der Waals surface area contributed by atoms with Crippen LogP contribution >= 0.6 is 0 Å². The van der Waals surface area contributed by atoms with Crippen molar-refractivity contribution in [3.63, 3.8) is 0 Å². The Morgan fingerprint density at radius 2 is 1.68 bits per heavy atom. The minimum absolute atomic E-state index is 0.0208. The number of carbonyl (C=O) groups is 1. The van der Waals surface area contributed by atoms with Crippen LogP contribution in [0.2, 0.25) is 0 Å². The van der Waals surface area contributed by atoms with Crippen LogP contribution in [0.5, 0.6) is 0 Å². The number of methoxy groups -OCH3 is 1. The zero-order chi connectivity index (χ0) is 18.6. The number of rotatable bonds is 6. The maximum absolute atomic E-state index is 12.7. The fourth-order valence-corrected chi connectivity index (χ4v) is 3.63. The van der Waals surface area contributed by atoms with Gasteiger partial charge in [0.15, 0.2) is 0 Å². The Balaban J connectivity index is 2.46. The van der Waals surface area contributed by atoms with Crippen molar-refractivity contribution in [2.75, 3.05) is 7.11 Å². The first kappa shape index (κ1) is 18.9. The van der Waals surface area contributed by atoms with Crippen LogP contribution in [0.25, 0.3) is 0 Å². The Kier molecular flexibility index (Phi) is 5.77. The normalized spacial score (nSPS) is 12.4. The summed E-state index contributed by atoms with van der Waals surface area (Å²) in [6.45, 7) is 7.45. The first-order chi connectivity index (χ1) is 11.8. The quantitative estimate of drug-likeness (QED) is 0.635. The molecule has 0 spiro atoms. The van der Waals surface area contributed by atoms with Gasteiger partial charge in [-0.05, 0) is 37.1 Å². The first-order valence-corrected chi connectivity index (χ1v) is 9.16. The van der Waals surface area contributed by atoms with Gasteiger partial charge in [-0.2, -0.15) is 4.72 Å². The smallest absolute Gasteiger partial charge is 0.335 e. The van der Waals surface area contributed by atoms with E-state index in [1.165, 1.54) is 19.2 Å². The van der Waals surface area contributed by atoms with Crippen LogP contribution in [0, 0.1) is 13.8 Å². The van der Waals surface area contributed by atoms with Crippen LogP contribution in [-0.2, 0) is 19.6 Å². The Hall–Kier alpha value is -2.44. The van der Waals surface area contributed by atoms with Crippen LogP contribution in [0.1, 0.15) is 22.7 Å². The number of ether oxygens (including phenoxy) is 1. The highest BCUT2D eigenvalue weighted by atomic mass is 32.2. The number of hydrogen-bond acceptors (Lipinski definition) is 4. The molecule has 0 amide bonds. The molecule has 0 aliphatic carbocycles. The lowest BCUT2D eigenvalue weighted by Crippen LogP contribution is -2.32. The second-order valence-electron chi connectivity index (χ2n) is 5.74. The van der Waals surface area contributed by atoms with E-state index in [-0.39, 0.29) is 10.5 Å². The topological polar surface area (TPSA) is 72.5 Å². The van der Waals surface area contributed by atoms with Gasteiger partial charge < -0.3 is 4.74 Å². The van der Waals surface area contributed by atoms with Gasteiger partial charge in [-0.3, -0.25) is 0 Å². The Labute approximate surface area is 148 Å². The lowest BCUT2D eigenvalue weighted by Gasteiger charge is -2.22. The third-order valence-corrected chi connectivity index (χ3v) is 5.34. The lowest BCUT2D eigenvalue weighted by atomic mass is 9.97. The molecular formula is C19H21NO4S. The van der Waals surface area contributed by atoms with Gasteiger partial charge in [-0.15, -0.1) is 0 Å². The van der Waals surface area contributed by atoms with Crippen LogP contribution in [0.4, 0.5) is 0 Å². The summed E-state index contributed by atoms with van der Waals surface area (Å²) >= 11 is 0. The summed E-state index contributed by atoms with van der Waals surface area (Å²) in [6.07, 6.45) is 0. The molecule has 2 rings (SSSR count). The van der Waals surface area contributed by atoms with Gasteiger partial charge in [0, 0.05) is 0 Å². The van der Waals surface area contributed by atoms with E-state index in [0.717, 1.165) is 11.1 Å². The molecule has 0 heterocycles. The summed E-state index contributed by atoms with van der Waals surface area (Å²) in [7, 11) is -2.61. The lowest BCUT2D eigenvalue weighted by molar-refractivity contribution is -0.136. The van der Waals surface area contributed by atoms with Gasteiger partial charge in [0.1, 0.15) is 0 Å². The fraction of sp³-hybridized carbons (Fsp3) is 0.211. The minimum Gasteiger partial charge on any atom is -0.466 e. The zero-order valence-electron chi connectivity index (χ0n) is 14.4. The summed E-state index contributed by atoms with van der Waals surface area (Å²) in [5, 5.41) is 0.